The Bertz CT molecular complexity index is 1170. The second kappa shape index (κ2) is 9.91. The van der Waals surface area contributed by atoms with Gasteiger partial charge in [0, 0.05) is 5.56 Å². The smallest absolute Gasteiger partial charge is 0.270 e. The van der Waals surface area contributed by atoms with Crippen molar-refractivity contribution in [2.45, 2.75) is 18.1 Å². The number of carbonyl (C=O) groups excluding carboxylic acids is 1. The number of rotatable bonds is 7. The van der Waals surface area contributed by atoms with Crippen LogP contribution in [0.15, 0.2) is 58.5 Å². The number of thioether (sulfide) groups is 1. The zero-order valence-electron chi connectivity index (χ0n) is 16.8. The molecule has 158 valence electrons. The van der Waals surface area contributed by atoms with E-state index in [0.717, 1.165) is 17.3 Å². The summed E-state index contributed by atoms with van der Waals surface area (Å²) in [6.45, 7) is 1.79. The van der Waals surface area contributed by atoms with E-state index in [9.17, 15) is 19.2 Å². The topological polar surface area (TPSA) is 108 Å². The van der Waals surface area contributed by atoms with Crippen LogP contribution >= 0.6 is 11.8 Å². The zero-order valence-corrected chi connectivity index (χ0v) is 17.6. The summed E-state index contributed by atoms with van der Waals surface area (Å²) >= 11 is 1.05. The fraction of sp³-hybridized carbons (Fsp3) is 0.182. The van der Waals surface area contributed by atoms with E-state index in [-0.39, 0.29) is 39.9 Å². The minimum Gasteiger partial charge on any atom is -0.497 e. The molecule has 0 saturated heterocycles. The van der Waals surface area contributed by atoms with E-state index in [1.54, 1.807) is 43.3 Å². The van der Waals surface area contributed by atoms with Gasteiger partial charge in [-0.2, -0.15) is 5.26 Å². The molecule has 0 aliphatic rings. The number of benzene rings is 2. The van der Waals surface area contributed by atoms with E-state index >= 15 is 0 Å². The van der Waals surface area contributed by atoms with Crippen LogP contribution in [-0.2, 0) is 4.79 Å². The molecule has 0 bridgehead atoms. The second-order valence-corrected chi connectivity index (χ2v) is 7.53. The first-order valence-electron chi connectivity index (χ1n) is 9.27. The number of H-pyrrole nitrogens is 1. The summed E-state index contributed by atoms with van der Waals surface area (Å²) in [6.07, 6.45) is 0. The molecule has 3 aromatic rings. The molecule has 0 saturated carbocycles. The van der Waals surface area contributed by atoms with Gasteiger partial charge in [0.1, 0.15) is 23.2 Å². The average Bonchev–Trinajstić information content (AvgIpc) is 2.77. The van der Waals surface area contributed by atoms with Crippen LogP contribution in [0.3, 0.4) is 0 Å². The molecule has 1 aromatic heterocycles. The number of aromatic nitrogens is 2. The number of aromatic amines is 1. The van der Waals surface area contributed by atoms with Gasteiger partial charge in [0.2, 0.25) is 5.91 Å². The Morgan fingerprint density at radius 3 is 2.55 bits per heavy atom. The summed E-state index contributed by atoms with van der Waals surface area (Å²) in [7, 11) is 1.54. The van der Waals surface area contributed by atoms with E-state index < -0.39 is 5.56 Å². The maximum absolute atomic E-state index is 13.0. The fourth-order valence-electron chi connectivity index (χ4n) is 2.83. The molecular weight excluding hydrogens is 419 g/mol. The van der Waals surface area contributed by atoms with E-state index in [1.807, 2.05) is 6.07 Å². The predicted octanol–water partition coefficient (Wildman–Crippen LogP) is 3.43. The molecule has 2 N–H and O–H groups in total. The van der Waals surface area contributed by atoms with Crippen molar-refractivity contribution in [3.63, 3.8) is 0 Å². The number of carbonyl (C=O) groups is 1. The van der Waals surface area contributed by atoms with Gasteiger partial charge >= 0.3 is 0 Å². The minimum absolute atomic E-state index is 0.00241. The molecule has 1 unspecified atom stereocenters. The van der Waals surface area contributed by atoms with Crippen LogP contribution in [0.4, 0.5) is 4.39 Å². The first kappa shape index (κ1) is 22.1. The summed E-state index contributed by atoms with van der Waals surface area (Å²) in [5.74, 6) is 0.0115. The van der Waals surface area contributed by atoms with Crippen molar-refractivity contribution < 1.29 is 13.9 Å². The van der Waals surface area contributed by atoms with Crippen LogP contribution in [0, 0.1) is 17.1 Å². The Labute approximate surface area is 182 Å². The molecule has 1 atom stereocenters. The van der Waals surface area contributed by atoms with Gasteiger partial charge in [-0.05, 0) is 48.9 Å². The van der Waals surface area contributed by atoms with Crippen molar-refractivity contribution >= 4 is 17.7 Å². The number of hydrogen-bond acceptors (Lipinski definition) is 6. The highest BCUT2D eigenvalue weighted by atomic mass is 32.2. The Kier molecular flexibility index (Phi) is 7.05. The summed E-state index contributed by atoms with van der Waals surface area (Å²) < 4.78 is 18.2. The lowest BCUT2D eigenvalue weighted by molar-refractivity contribution is -0.119. The van der Waals surface area contributed by atoms with Crippen molar-refractivity contribution in [2.75, 3.05) is 12.9 Å². The van der Waals surface area contributed by atoms with Crippen molar-refractivity contribution in [3.8, 4) is 23.1 Å². The van der Waals surface area contributed by atoms with Crippen LogP contribution < -0.4 is 15.6 Å². The van der Waals surface area contributed by atoms with Crippen molar-refractivity contribution in [1.82, 2.24) is 15.3 Å². The van der Waals surface area contributed by atoms with Gasteiger partial charge in [0.05, 0.1) is 24.6 Å². The third kappa shape index (κ3) is 5.49. The highest BCUT2D eigenvalue weighted by Crippen LogP contribution is 2.24. The molecule has 2 aromatic carbocycles. The lowest BCUT2D eigenvalue weighted by atomic mass is 10.1. The van der Waals surface area contributed by atoms with Gasteiger partial charge < -0.3 is 15.0 Å². The number of halogens is 1. The second-order valence-electron chi connectivity index (χ2n) is 6.56. The first-order valence-corrected chi connectivity index (χ1v) is 10.3. The molecule has 0 radical (unpaired) electrons. The highest BCUT2D eigenvalue weighted by molar-refractivity contribution is 7.99. The Balaban J connectivity index is 1.73. The van der Waals surface area contributed by atoms with Crippen LogP contribution in [0.5, 0.6) is 5.75 Å². The maximum Gasteiger partial charge on any atom is 0.270 e. The molecular formula is C22H19FN4O3S. The van der Waals surface area contributed by atoms with E-state index in [2.05, 4.69) is 15.3 Å². The minimum atomic E-state index is -0.578. The number of nitrogens with zero attached hydrogens (tertiary/aromatic N) is 2. The van der Waals surface area contributed by atoms with E-state index in [0.29, 0.717) is 11.3 Å². The Morgan fingerprint density at radius 2 is 1.94 bits per heavy atom. The highest BCUT2D eigenvalue weighted by Gasteiger charge is 2.16. The van der Waals surface area contributed by atoms with Crippen LogP contribution in [0.1, 0.15) is 24.1 Å². The molecule has 3 rings (SSSR count). The van der Waals surface area contributed by atoms with Gasteiger partial charge in [0.25, 0.3) is 5.56 Å². The molecule has 0 aliphatic carbocycles. The quantitative estimate of drug-likeness (QED) is 0.432. The Hall–Kier alpha value is -3.64. The van der Waals surface area contributed by atoms with Gasteiger partial charge in [-0.3, -0.25) is 9.59 Å². The summed E-state index contributed by atoms with van der Waals surface area (Å²) in [4.78, 5) is 31.5. The van der Waals surface area contributed by atoms with Crippen LogP contribution in [-0.4, -0.2) is 28.7 Å². The standard InChI is InChI=1S/C22H19FN4O3S/c1-13(14-3-7-16(23)8-4-14)25-19(28)12-31-22-26-20(18(11-24)21(29)27-22)15-5-9-17(30-2)10-6-15/h3-10,13H,12H2,1-2H3,(H,25,28)(H,26,27,29). The van der Waals surface area contributed by atoms with Gasteiger partial charge in [0.15, 0.2) is 5.16 Å². The summed E-state index contributed by atoms with van der Waals surface area (Å²) in [5.41, 5.74) is 0.900. The number of methoxy groups -OCH3 is 1. The van der Waals surface area contributed by atoms with Crippen molar-refractivity contribution in [2.24, 2.45) is 0 Å². The molecule has 7 nitrogen and oxygen atoms in total. The number of nitriles is 1. The van der Waals surface area contributed by atoms with Gasteiger partial charge in [-0.15, -0.1) is 0 Å². The third-order valence-electron chi connectivity index (χ3n) is 4.46. The Morgan fingerprint density at radius 1 is 1.26 bits per heavy atom. The molecule has 1 amide bonds. The number of hydrogen-bond donors (Lipinski definition) is 2. The van der Waals surface area contributed by atoms with Crippen LogP contribution in [0.2, 0.25) is 0 Å². The van der Waals surface area contributed by atoms with E-state index in [1.165, 1.54) is 19.2 Å². The first-order chi connectivity index (χ1) is 14.9. The van der Waals surface area contributed by atoms with Crippen molar-refractivity contribution in [3.05, 3.63) is 75.8 Å². The van der Waals surface area contributed by atoms with Crippen molar-refractivity contribution in [1.29, 1.82) is 5.26 Å². The zero-order chi connectivity index (χ0) is 22.4. The molecule has 0 aliphatic heterocycles. The van der Waals surface area contributed by atoms with Gasteiger partial charge in [-0.25, -0.2) is 9.37 Å². The number of ether oxygens (including phenoxy) is 1. The largest absolute Gasteiger partial charge is 0.497 e. The van der Waals surface area contributed by atoms with Gasteiger partial charge in [-0.1, -0.05) is 23.9 Å². The SMILES string of the molecule is COc1ccc(-c2nc(SCC(=O)NC(C)c3ccc(F)cc3)[nH]c(=O)c2C#N)cc1. The lowest BCUT2D eigenvalue weighted by Gasteiger charge is -2.14. The molecule has 1 heterocycles. The van der Waals surface area contributed by atoms with E-state index in [4.69, 9.17) is 4.74 Å². The lowest BCUT2D eigenvalue weighted by Crippen LogP contribution is -2.28. The third-order valence-corrected chi connectivity index (χ3v) is 5.33. The normalized spacial score (nSPS) is 11.4. The monoisotopic (exact) mass is 438 g/mol. The summed E-state index contributed by atoms with van der Waals surface area (Å²) in [5, 5.41) is 12.4. The fourth-order valence-corrected chi connectivity index (χ4v) is 3.51. The van der Waals surface area contributed by atoms with Crippen LogP contribution in [0.25, 0.3) is 11.3 Å². The summed E-state index contributed by atoms with van der Waals surface area (Å²) in [6, 6.07) is 14.3. The number of nitrogens with one attached hydrogen (secondary N) is 2. The molecule has 0 spiro atoms. The average molecular weight is 438 g/mol. The molecule has 0 fully saturated rings. The molecule has 31 heavy (non-hydrogen) atoms. The predicted molar refractivity (Wildman–Crippen MR) is 115 cm³/mol. The number of amides is 1. The maximum atomic E-state index is 13.0. The molecule has 9 heteroatoms.